The Kier molecular flexibility index (Phi) is 4.78. The highest BCUT2D eigenvalue weighted by Crippen LogP contribution is 2.20. The number of aryl methyl sites for hydroxylation is 1. The van der Waals surface area contributed by atoms with Crippen LogP contribution in [0.25, 0.3) is 0 Å². The van der Waals surface area contributed by atoms with Gasteiger partial charge < -0.3 is 14.6 Å². The Morgan fingerprint density at radius 3 is 2.96 bits per heavy atom. The number of rotatable bonds is 6. The molecule has 0 radical (unpaired) electrons. The topological polar surface area (TPSA) is 72.6 Å². The zero-order chi connectivity index (χ0) is 16.2. The van der Waals surface area contributed by atoms with E-state index in [1.165, 1.54) is 0 Å². The van der Waals surface area contributed by atoms with Crippen molar-refractivity contribution >= 4 is 0 Å². The van der Waals surface area contributed by atoms with Gasteiger partial charge in [0.05, 0.1) is 25.2 Å². The second-order valence-corrected chi connectivity index (χ2v) is 5.62. The highest BCUT2D eigenvalue weighted by Gasteiger charge is 2.33. The van der Waals surface area contributed by atoms with Crippen molar-refractivity contribution in [3.05, 3.63) is 36.3 Å². The Hall–Kier alpha value is -2.12. The molecule has 0 amide bonds. The maximum atomic E-state index is 10.2. The zero-order valence-corrected chi connectivity index (χ0v) is 13.4. The smallest absolute Gasteiger partial charge is 0.213 e. The lowest BCUT2D eigenvalue weighted by Crippen LogP contribution is -2.29. The molecule has 2 aromatic rings. The van der Waals surface area contributed by atoms with Crippen LogP contribution < -0.4 is 9.47 Å². The van der Waals surface area contributed by atoms with Crippen LogP contribution >= 0.6 is 0 Å². The van der Waals surface area contributed by atoms with Crippen LogP contribution in [0.15, 0.2) is 30.6 Å². The molecule has 0 saturated carbocycles. The van der Waals surface area contributed by atoms with E-state index in [0.29, 0.717) is 31.3 Å². The van der Waals surface area contributed by atoms with Crippen molar-refractivity contribution in [3.63, 3.8) is 0 Å². The number of hydrogen-bond acceptors (Lipinski definition) is 6. The quantitative estimate of drug-likeness (QED) is 0.854. The van der Waals surface area contributed by atoms with E-state index in [1.807, 2.05) is 31.3 Å². The average molecular weight is 318 g/mol. The maximum absolute atomic E-state index is 10.2. The number of ether oxygens (including phenoxy) is 2. The van der Waals surface area contributed by atoms with Gasteiger partial charge in [0.2, 0.25) is 5.88 Å². The van der Waals surface area contributed by atoms with Crippen molar-refractivity contribution in [3.8, 4) is 11.6 Å². The van der Waals surface area contributed by atoms with Crippen LogP contribution in [0.5, 0.6) is 11.6 Å². The molecule has 23 heavy (non-hydrogen) atoms. The van der Waals surface area contributed by atoms with E-state index in [4.69, 9.17) is 9.47 Å². The molecule has 3 heterocycles. The molecule has 1 fully saturated rings. The number of aromatic nitrogens is 3. The molecule has 7 nitrogen and oxygen atoms in total. The van der Waals surface area contributed by atoms with Gasteiger partial charge in [0.1, 0.15) is 12.2 Å². The number of methoxy groups -OCH3 is 1. The number of pyridine rings is 1. The monoisotopic (exact) mass is 318 g/mol. The molecule has 124 valence electrons. The van der Waals surface area contributed by atoms with E-state index in [0.717, 1.165) is 12.2 Å². The molecular weight excluding hydrogens is 296 g/mol. The molecule has 0 bridgehead atoms. The van der Waals surface area contributed by atoms with E-state index in [1.54, 1.807) is 18.0 Å². The van der Waals surface area contributed by atoms with Gasteiger partial charge >= 0.3 is 0 Å². The fourth-order valence-electron chi connectivity index (χ4n) is 2.72. The predicted molar refractivity (Wildman–Crippen MR) is 84.4 cm³/mol. The summed E-state index contributed by atoms with van der Waals surface area (Å²) in [6, 6.07) is 5.69. The summed E-state index contributed by atoms with van der Waals surface area (Å²) in [6.07, 6.45) is 2.75. The SMILES string of the molecule is CCn1cc(O[C@@H]2CN(Cc3cccc(OC)n3)C[C@H]2O)cn1. The molecule has 0 aromatic carbocycles. The number of hydrogen-bond donors (Lipinski definition) is 1. The highest BCUT2D eigenvalue weighted by atomic mass is 16.5. The Bertz CT molecular complexity index is 646. The van der Waals surface area contributed by atoms with Gasteiger partial charge in [-0.2, -0.15) is 5.10 Å². The summed E-state index contributed by atoms with van der Waals surface area (Å²) in [5.41, 5.74) is 0.913. The molecular formula is C16H22N4O3. The summed E-state index contributed by atoms with van der Waals surface area (Å²) < 4.78 is 12.8. The van der Waals surface area contributed by atoms with Gasteiger partial charge in [0.15, 0.2) is 5.75 Å². The van der Waals surface area contributed by atoms with Crippen molar-refractivity contribution in [2.45, 2.75) is 32.2 Å². The zero-order valence-electron chi connectivity index (χ0n) is 13.4. The molecule has 2 atom stereocenters. The second kappa shape index (κ2) is 6.97. The van der Waals surface area contributed by atoms with E-state index >= 15 is 0 Å². The van der Waals surface area contributed by atoms with Crippen LogP contribution in [0.3, 0.4) is 0 Å². The summed E-state index contributed by atoms with van der Waals surface area (Å²) in [5, 5.41) is 14.4. The van der Waals surface area contributed by atoms with Crippen molar-refractivity contribution < 1.29 is 14.6 Å². The molecule has 0 spiro atoms. The highest BCUT2D eigenvalue weighted by molar-refractivity contribution is 5.16. The van der Waals surface area contributed by atoms with Crippen LogP contribution in [0.4, 0.5) is 0 Å². The molecule has 0 aliphatic carbocycles. The molecule has 1 aliphatic rings. The summed E-state index contributed by atoms with van der Waals surface area (Å²) >= 11 is 0. The first-order valence-electron chi connectivity index (χ1n) is 7.77. The number of aliphatic hydroxyl groups excluding tert-OH is 1. The minimum absolute atomic E-state index is 0.255. The van der Waals surface area contributed by atoms with Crippen LogP contribution in [0, 0.1) is 0 Å². The van der Waals surface area contributed by atoms with Gasteiger partial charge in [0.25, 0.3) is 0 Å². The number of β-amino-alcohol motifs (C(OH)–C–C–N with tert-alkyl or cyclic N) is 1. The van der Waals surface area contributed by atoms with Gasteiger partial charge in [-0.05, 0) is 13.0 Å². The van der Waals surface area contributed by atoms with E-state index in [-0.39, 0.29) is 6.10 Å². The maximum Gasteiger partial charge on any atom is 0.213 e. The molecule has 1 aliphatic heterocycles. The molecule has 1 N–H and O–H groups in total. The molecule has 7 heteroatoms. The van der Waals surface area contributed by atoms with Gasteiger partial charge in [-0.15, -0.1) is 0 Å². The van der Waals surface area contributed by atoms with E-state index < -0.39 is 6.10 Å². The van der Waals surface area contributed by atoms with Gasteiger partial charge in [-0.1, -0.05) is 6.07 Å². The number of aliphatic hydroxyl groups is 1. The predicted octanol–water partition coefficient (Wildman–Crippen LogP) is 0.931. The van der Waals surface area contributed by atoms with Crippen molar-refractivity contribution in [1.82, 2.24) is 19.7 Å². The van der Waals surface area contributed by atoms with Gasteiger partial charge in [0, 0.05) is 32.2 Å². The average Bonchev–Trinajstić information content (AvgIpc) is 3.15. The fourth-order valence-corrected chi connectivity index (χ4v) is 2.72. The number of likely N-dealkylation sites (tertiary alicyclic amines) is 1. The largest absolute Gasteiger partial charge is 0.483 e. The summed E-state index contributed by atoms with van der Waals surface area (Å²) in [4.78, 5) is 6.53. The lowest BCUT2D eigenvalue weighted by molar-refractivity contribution is 0.0736. The molecule has 1 saturated heterocycles. The fraction of sp³-hybridized carbons (Fsp3) is 0.500. The van der Waals surface area contributed by atoms with Crippen LogP contribution in [0.1, 0.15) is 12.6 Å². The van der Waals surface area contributed by atoms with Gasteiger partial charge in [-0.25, -0.2) is 4.98 Å². The van der Waals surface area contributed by atoms with E-state index in [9.17, 15) is 5.11 Å². The van der Waals surface area contributed by atoms with E-state index in [2.05, 4.69) is 15.0 Å². The second-order valence-electron chi connectivity index (χ2n) is 5.62. The van der Waals surface area contributed by atoms with Crippen molar-refractivity contribution in [1.29, 1.82) is 0 Å². The molecule has 3 rings (SSSR count). The third-order valence-corrected chi connectivity index (χ3v) is 3.91. The lowest BCUT2D eigenvalue weighted by atomic mass is 10.3. The Morgan fingerprint density at radius 2 is 2.22 bits per heavy atom. The first kappa shape index (κ1) is 15.8. The molecule has 0 unspecified atom stereocenters. The number of nitrogens with zero attached hydrogens (tertiary/aromatic N) is 4. The Morgan fingerprint density at radius 1 is 1.35 bits per heavy atom. The Balaban J connectivity index is 1.59. The third-order valence-electron chi connectivity index (χ3n) is 3.91. The van der Waals surface area contributed by atoms with Crippen LogP contribution in [-0.2, 0) is 13.1 Å². The first-order valence-corrected chi connectivity index (χ1v) is 7.77. The Labute approximate surface area is 135 Å². The standard InChI is InChI=1S/C16H22N4O3/c1-3-20-9-13(7-17-20)23-15-11-19(10-14(15)21)8-12-5-4-6-16(18-12)22-2/h4-7,9,14-15,21H,3,8,10-11H2,1-2H3/t14-,15-/m1/s1. The third kappa shape index (κ3) is 3.80. The minimum Gasteiger partial charge on any atom is -0.483 e. The van der Waals surface area contributed by atoms with Crippen molar-refractivity contribution in [2.24, 2.45) is 0 Å². The van der Waals surface area contributed by atoms with Crippen LogP contribution in [-0.4, -0.2) is 57.2 Å². The first-order chi connectivity index (χ1) is 11.2. The normalized spacial score (nSPS) is 21.5. The lowest BCUT2D eigenvalue weighted by Gasteiger charge is -2.16. The van der Waals surface area contributed by atoms with Crippen molar-refractivity contribution in [2.75, 3.05) is 20.2 Å². The summed E-state index contributed by atoms with van der Waals surface area (Å²) in [6.45, 7) is 4.68. The summed E-state index contributed by atoms with van der Waals surface area (Å²) in [7, 11) is 1.60. The molecule has 2 aromatic heterocycles. The van der Waals surface area contributed by atoms with Gasteiger partial charge in [-0.3, -0.25) is 9.58 Å². The minimum atomic E-state index is -0.523. The summed E-state index contributed by atoms with van der Waals surface area (Å²) in [5.74, 6) is 1.29. The van der Waals surface area contributed by atoms with Crippen LogP contribution in [0.2, 0.25) is 0 Å².